The van der Waals surface area contributed by atoms with Gasteiger partial charge in [-0.05, 0) is 18.6 Å². The lowest BCUT2D eigenvalue weighted by atomic mass is 10.0. The highest BCUT2D eigenvalue weighted by Gasteiger charge is 2.49. The van der Waals surface area contributed by atoms with Crippen molar-refractivity contribution >= 4 is 34.4 Å². The van der Waals surface area contributed by atoms with Gasteiger partial charge in [0.2, 0.25) is 0 Å². The van der Waals surface area contributed by atoms with Crippen LogP contribution in [0.1, 0.15) is 16.8 Å². The molecule has 0 spiro atoms. The highest BCUT2D eigenvalue weighted by molar-refractivity contribution is 6.35. The molecule has 2 aromatic rings. The van der Waals surface area contributed by atoms with Crippen LogP contribution in [-0.4, -0.2) is 28.8 Å². The van der Waals surface area contributed by atoms with Crippen molar-refractivity contribution in [2.24, 2.45) is 11.8 Å². The maximum Gasteiger partial charge on any atom is 0.309 e. The number of carbonyl (C=O) groups excluding carboxylic acids is 2. The van der Waals surface area contributed by atoms with Gasteiger partial charge in [-0.25, -0.2) is 0 Å². The number of ether oxygens (including phenoxy) is 1. The molecule has 0 aliphatic heterocycles. The van der Waals surface area contributed by atoms with Crippen molar-refractivity contribution < 1.29 is 14.3 Å². The quantitative estimate of drug-likeness (QED) is 0.641. The van der Waals surface area contributed by atoms with Gasteiger partial charge in [0.05, 0.1) is 23.6 Å². The van der Waals surface area contributed by atoms with Crippen molar-refractivity contribution in [3.63, 3.8) is 0 Å². The number of fused-ring (bicyclic) bond motifs is 1. The fourth-order valence-corrected chi connectivity index (χ4v) is 2.55. The Kier molecular flexibility index (Phi) is 3.14. The monoisotopic (exact) mass is 290 g/mol. The van der Waals surface area contributed by atoms with E-state index in [0.29, 0.717) is 28.0 Å². The van der Waals surface area contributed by atoms with Gasteiger partial charge in [-0.3, -0.25) is 19.6 Å². The van der Waals surface area contributed by atoms with Crippen molar-refractivity contribution in [1.29, 1.82) is 0 Å². The summed E-state index contributed by atoms with van der Waals surface area (Å²) in [6.45, 7) is 0. The van der Waals surface area contributed by atoms with Gasteiger partial charge in [-0.2, -0.15) is 0 Å². The Hall–Kier alpha value is -2.01. The van der Waals surface area contributed by atoms with E-state index in [4.69, 9.17) is 11.6 Å². The van der Waals surface area contributed by atoms with Crippen LogP contribution in [0.3, 0.4) is 0 Å². The van der Waals surface area contributed by atoms with Crippen molar-refractivity contribution in [2.75, 3.05) is 7.11 Å². The molecule has 5 nitrogen and oxygen atoms in total. The molecule has 0 N–H and O–H groups in total. The number of halogens is 1. The molecule has 1 aromatic heterocycles. The zero-order valence-electron chi connectivity index (χ0n) is 10.7. The number of hydrogen-bond acceptors (Lipinski definition) is 5. The minimum absolute atomic E-state index is 0.102. The van der Waals surface area contributed by atoms with Crippen molar-refractivity contribution in [2.45, 2.75) is 6.42 Å². The summed E-state index contributed by atoms with van der Waals surface area (Å²) < 4.78 is 4.64. The summed E-state index contributed by atoms with van der Waals surface area (Å²) >= 11 is 6.11. The molecule has 1 aliphatic carbocycles. The van der Waals surface area contributed by atoms with Crippen LogP contribution in [0.5, 0.6) is 0 Å². The third-order valence-electron chi connectivity index (χ3n) is 3.44. The number of methoxy groups -OCH3 is 1. The summed E-state index contributed by atoms with van der Waals surface area (Å²) in [4.78, 5) is 32.0. The molecule has 1 fully saturated rings. The third-order valence-corrected chi connectivity index (χ3v) is 3.73. The lowest BCUT2D eigenvalue weighted by molar-refractivity contribution is -0.142. The molecule has 0 amide bonds. The van der Waals surface area contributed by atoms with Gasteiger partial charge in [0.25, 0.3) is 0 Å². The molecule has 102 valence electrons. The molecule has 3 rings (SSSR count). The summed E-state index contributed by atoms with van der Waals surface area (Å²) in [6, 6.07) is 3.23. The Morgan fingerprint density at radius 1 is 1.25 bits per heavy atom. The van der Waals surface area contributed by atoms with Crippen LogP contribution in [0, 0.1) is 11.8 Å². The first-order valence-corrected chi connectivity index (χ1v) is 6.52. The summed E-state index contributed by atoms with van der Waals surface area (Å²) in [7, 11) is 1.32. The van der Waals surface area contributed by atoms with Gasteiger partial charge < -0.3 is 4.74 Å². The topological polar surface area (TPSA) is 69.2 Å². The Balaban J connectivity index is 1.92. The molecule has 1 aliphatic rings. The second-order valence-corrected chi connectivity index (χ2v) is 5.13. The largest absolute Gasteiger partial charge is 0.469 e. The molecule has 1 saturated carbocycles. The highest BCUT2D eigenvalue weighted by atomic mass is 35.5. The number of rotatable bonds is 3. The van der Waals surface area contributed by atoms with Gasteiger partial charge in [-0.15, -0.1) is 0 Å². The van der Waals surface area contributed by atoms with Crippen molar-refractivity contribution in [3.05, 3.63) is 35.1 Å². The maximum absolute atomic E-state index is 12.3. The fraction of sp³-hybridized carbons (Fsp3) is 0.286. The predicted octanol–water partition coefficient (Wildman–Crippen LogP) is 2.28. The molecule has 2 atom stereocenters. The SMILES string of the molecule is COC(=O)[C@H]1C[C@@H]1C(=O)c1cc(Cl)c2nccnc2c1. The number of carbonyl (C=O) groups is 2. The van der Waals surface area contributed by atoms with Crippen LogP contribution >= 0.6 is 11.6 Å². The molecular weight excluding hydrogens is 280 g/mol. The highest BCUT2D eigenvalue weighted by Crippen LogP contribution is 2.42. The van der Waals surface area contributed by atoms with Gasteiger partial charge in [0.15, 0.2) is 5.78 Å². The third kappa shape index (κ3) is 2.14. The minimum Gasteiger partial charge on any atom is -0.469 e. The minimum atomic E-state index is -0.338. The smallest absolute Gasteiger partial charge is 0.309 e. The average molecular weight is 291 g/mol. The van der Waals surface area contributed by atoms with Gasteiger partial charge in [0, 0.05) is 23.9 Å². The molecule has 0 unspecified atom stereocenters. The van der Waals surface area contributed by atoms with Gasteiger partial charge in [0.1, 0.15) is 5.52 Å². The van der Waals surface area contributed by atoms with E-state index < -0.39 is 0 Å². The molecule has 20 heavy (non-hydrogen) atoms. The van der Waals surface area contributed by atoms with E-state index in [2.05, 4.69) is 14.7 Å². The molecule has 0 saturated heterocycles. The zero-order chi connectivity index (χ0) is 14.3. The lowest BCUT2D eigenvalue weighted by Gasteiger charge is -2.04. The zero-order valence-corrected chi connectivity index (χ0v) is 11.4. The van der Waals surface area contributed by atoms with Crippen LogP contribution in [0.4, 0.5) is 0 Å². The Bertz CT molecular complexity index is 717. The first-order valence-electron chi connectivity index (χ1n) is 6.14. The average Bonchev–Trinajstić information content (AvgIpc) is 3.26. The van der Waals surface area contributed by atoms with E-state index in [1.165, 1.54) is 7.11 Å². The maximum atomic E-state index is 12.3. The number of hydrogen-bond donors (Lipinski definition) is 0. The normalized spacial score (nSPS) is 20.7. The van der Waals surface area contributed by atoms with E-state index in [1.807, 2.05) is 0 Å². The number of ketones is 1. The Morgan fingerprint density at radius 3 is 2.75 bits per heavy atom. The number of Topliss-reactive ketones (excluding diaryl/α,β-unsaturated/α-hetero) is 1. The lowest BCUT2D eigenvalue weighted by Crippen LogP contribution is -2.10. The van der Waals surface area contributed by atoms with E-state index in [0.717, 1.165) is 0 Å². The van der Waals surface area contributed by atoms with E-state index in [1.54, 1.807) is 24.5 Å². The number of nitrogens with zero attached hydrogens (tertiary/aromatic N) is 2. The van der Waals surface area contributed by atoms with Crippen LogP contribution in [0.2, 0.25) is 5.02 Å². The Labute approximate surface area is 119 Å². The predicted molar refractivity (Wildman–Crippen MR) is 72.5 cm³/mol. The standard InChI is InChI=1S/C14H11ClN2O3/c1-20-14(19)9-6-8(9)13(18)7-4-10(15)12-11(5-7)16-2-3-17-12/h2-5,8-9H,6H2,1H3/t8-,9-/m0/s1. The number of aromatic nitrogens is 2. The van der Waals surface area contributed by atoms with E-state index in [-0.39, 0.29) is 23.6 Å². The summed E-state index contributed by atoms with van der Waals surface area (Å²) in [5.74, 6) is -1.08. The van der Waals surface area contributed by atoms with Gasteiger partial charge in [-0.1, -0.05) is 11.6 Å². The first kappa shape index (κ1) is 13.0. The summed E-state index contributed by atoms with van der Waals surface area (Å²) in [5, 5.41) is 0.384. The van der Waals surface area contributed by atoms with Crippen LogP contribution < -0.4 is 0 Å². The second kappa shape index (κ2) is 4.83. The van der Waals surface area contributed by atoms with Crippen LogP contribution in [0.15, 0.2) is 24.5 Å². The number of esters is 1. The van der Waals surface area contributed by atoms with Crippen LogP contribution in [-0.2, 0) is 9.53 Å². The van der Waals surface area contributed by atoms with Crippen molar-refractivity contribution in [1.82, 2.24) is 9.97 Å². The summed E-state index contributed by atoms with van der Waals surface area (Å²) in [5.41, 5.74) is 1.59. The molecule has 1 heterocycles. The molecule has 0 bridgehead atoms. The van der Waals surface area contributed by atoms with E-state index in [9.17, 15) is 9.59 Å². The van der Waals surface area contributed by atoms with E-state index >= 15 is 0 Å². The number of benzene rings is 1. The molecule has 0 radical (unpaired) electrons. The fourth-order valence-electron chi connectivity index (χ4n) is 2.29. The van der Waals surface area contributed by atoms with Gasteiger partial charge >= 0.3 is 5.97 Å². The Morgan fingerprint density at radius 2 is 2.00 bits per heavy atom. The first-order chi connectivity index (χ1) is 9.61. The van der Waals surface area contributed by atoms with Crippen LogP contribution in [0.25, 0.3) is 11.0 Å². The molecule has 6 heteroatoms. The molecular formula is C14H11ClN2O3. The molecule has 1 aromatic carbocycles. The van der Waals surface area contributed by atoms with Crippen molar-refractivity contribution in [3.8, 4) is 0 Å². The summed E-state index contributed by atoms with van der Waals surface area (Å²) in [6.07, 6.45) is 3.62. The second-order valence-electron chi connectivity index (χ2n) is 4.72.